The van der Waals surface area contributed by atoms with Gasteiger partial charge in [0.2, 0.25) is 11.8 Å². The van der Waals surface area contributed by atoms with E-state index in [2.05, 4.69) is 21.3 Å². The second kappa shape index (κ2) is 22.0. The van der Waals surface area contributed by atoms with Crippen LogP contribution in [-0.4, -0.2) is 70.6 Å². The summed E-state index contributed by atoms with van der Waals surface area (Å²) in [6, 6.07) is 32.3. The molecule has 0 bridgehead atoms. The van der Waals surface area contributed by atoms with Crippen LogP contribution in [0.3, 0.4) is 0 Å². The molecule has 0 aliphatic carbocycles. The zero-order valence-corrected chi connectivity index (χ0v) is 32.3. The van der Waals surface area contributed by atoms with Crippen LogP contribution >= 0.6 is 0 Å². The van der Waals surface area contributed by atoms with Gasteiger partial charge in [0.25, 0.3) is 0 Å². The van der Waals surface area contributed by atoms with Gasteiger partial charge in [-0.05, 0) is 46.9 Å². The highest BCUT2D eigenvalue weighted by Gasteiger charge is 2.37. The number of aliphatic hydroxyl groups is 2. The Morgan fingerprint density at radius 2 is 0.750 bits per heavy atom. The summed E-state index contributed by atoms with van der Waals surface area (Å²) in [7, 11) is 0. The van der Waals surface area contributed by atoms with E-state index in [4.69, 9.17) is 9.47 Å². The SMILES string of the molecule is CC(C)[C@H](NC(=O)OCc1ccccc1)C(=O)N[C@@H](Cc1ccccc1)[C@@H](O)[C@@H](O)[C@H](Cc1ccccc1)NC(=O)[C@H](NC(=O)OCc1ccccc1)C(C)C. The summed E-state index contributed by atoms with van der Waals surface area (Å²) in [6.07, 6.45) is -4.55. The molecule has 4 aromatic carbocycles. The Labute approximate surface area is 329 Å². The van der Waals surface area contributed by atoms with Crippen LogP contribution in [0, 0.1) is 11.8 Å². The van der Waals surface area contributed by atoms with Gasteiger partial charge in [-0.15, -0.1) is 0 Å². The van der Waals surface area contributed by atoms with Crippen molar-refractivity contribution in [1.29, 1.82) is 0 Å². The van der Waals surface area contributed by atoms with Crippen LogP contribution < -0.4 is 21.3 Å². The number of hydrogen-bond acceptors (Lipinski definition) is 8. The van der Waals surface area contributed by atoms with E-state index in [1.165, 1.54) is 0 Å². The topological polar surface area (TPSA) is 175 Å². The molecule has 298 valence electrons. The maximum absolute atomic E-state index is 13.9. The normalized spacial score (nSPS) is 14.4. The molecule has 0 aliphatic heterocycles. The summed E-state index contributed by atoms with van der Waals surface area (Å²) in [5.74, 6) is -1.93. The molecule has 0 aromatic heterocycles. The first-order valence-electron chi connectivity index (χ1n) is 18.9. The lowest BCUT2D eigenvalue weighted by Crippen LogP contribution is -2.61. The van der Waals surface area contributed by atoms with Crippen LogP contribution in [0.2, 0.25) is 0 Å². The zero-order chi connectivity index (χ0) is 40.5. The van der Waals surface area contributed by atoms with Crippen molar-refractivity contribution in [2.45, 2.75) is 90.1 Å². The van der Waals surface area contributed by atoms with Crippen LogP contribution in [0.1, 0.15) is 49.9 Å². The van der Waals surface area contributed by atoms with Crippen molar-refractivity contribution in [1.82, 2.24) is 21.3 Å². The van der Waals surface area contributed by atoms with Crippen molar-refractivity contribution in [3.8, 4) is 0 Å². The largest absolute Gasteiger partial charge is 0.445 e. The number of benzene rings is 4. The maximum Gasteiger partial charge on any atom is 0.408 e. The van der Waals surface area contributed by atoms with E-state index in [-0.39, 0.29) is 37.9 Å². The Hall–Kier alpha value is -5.72. The number of ether oxygens (including phenoxy) is 2. The number of hydrogen-bond donors (Lipinski definition) is 6. The molecular formula is C44H54N4O8. The fourth-order valence-corrected chi connectivity index (χ4v) is 6.12. The molecule has 12 nitrogen and oxygen atoms in total. The average molecular weight is 767 g/mol. The van der Waals surface area contributed by atoms with E-state index in [1.54, 1.807) is 27.7 Å². The van der Waals surface area contributed by atoms with E-state index in [0.717, 1.165) is 22.3 Å². The number of carbonyl (C=O) groups is 4. The zero-order valence-electron chi connectivity index (χ0n) is 32.3. The Kier molecular flexibility index (Phi) is 16.9. The van der Waals surface area contributed by atoms with Crippen molar-refractivity contribution >= 4 is 24.0 Å². The van der Waals surface area contributed by atoms with Gasteiger partial charge in [-0.3, -0.25) is 9.59 Å². The highest BCUT2D eigenvalue weighted by molar-refractivity contribution is 5.87. The van der Waals surface area contributed by atoms with E-state index in [9.17, 15) is 29.4 Å². The predicted octanol–water partition coefficient (Wildman–Crippen LogP) is 5.07. The molecule has 0 fully saturated rings. The van der Waals surface area contributed by atoms with E-state index < -0.39 is 60.4 Å². The Morgan fingerprint density at radius 3 is 1.04 bits per heavy atom. The third-order valence-corrected chi connectivity index (χ3v) is 9.30. The van der Waals surface area contributed by atoms with Crippen molar-refractivity contribution in [3.05, 3.63) is 144 Å². The van der Waals surface area contributed by atoms with Crippen LogP contribution in [-0.2, 0) is 45.1 Å². The van der Waals surface area contributed by atoms with Crippen LogP contribution in [0.4, 0.5) is 9.59 Å². The van der Waals surface area contributed by atoms with E-state index >= 15 is 0 Å². The molecule has 6 N–H and O–H groups in total. The lowest BCUT2D eigenvalue weighted by Gasteiger charge is -2.35. The number of rotatable bonds is 19. The summed E-state index contributed by atoms with van der Waals surface area (Å²) in [5.41, 5.74) is 3.09. The van der Waals surface area contributed by atoms with Gasteiger partial charge < -0.3 is 41.0 Å². The number of amides is 4. The lowest BCUT2D eigenvalue weighted by molar-refractivity contribution is -0.129. The van der Waals surface area contributed by atoms with E-state index in [1.807, 2.05) is 121 Å². The molecule has 12 heteroatoms. The van der Waals surface area contributed by atoms with Crippen molar-refractivity contribution < 1.29 is 38.9 Å². The summed E-state index contributed by atoms with van der Waals surface area (Å²) < 4.78 is 10.7. The standard InChI is InChI=1S/C44H54N4O8/c1-29(2)37(47-43(53)55-27-33-21-13-7-14-22-33)41(51)45-35(25-31-17-9-5-10-18-31)39(49)40(50)36(26-32-19-11-6-12-20-32)46-42(52)38(30(3)4)48-44(54)56-28-34-23-15-8-16-24-34/h5-24,29-30,35-40,49-50H,25-28H2,1-4H3,(H,45,51)(H,46,52)(H,47,53)(H,48,54)/t35-,36-,37-,38+,39+,40-/m0/s1. The second-order valence-electron chi connectivity index (χ2n) is 14.4. The molecule has 4 aromatic rings. The molecule has 4 rings (SSSR count). The summed E-state index contributed by atoms with van der Waals surface area (Å²) >= 11 is 0. The monoisotopic (exact) mass is 766 g/mol. The van der Waals surface area contributed by atoms with Crippen LogP contribution in [0.15, 0.2) is 121 Å². The Morgan fingerprint density at radius 1 is 0.464 bits per heavy atom. The lowest BCUT2D eigenvalue weighted by atomic mass is 9.90. The first kappa shape index (κ1) is 43.0. The van der Waals surface area contributed by atoms with Gasteiger partial charge in [0.15, 0.2) is 0 Å². The highest BCUT2D eigenvalue weighted by Crippen LogP contribution is 2.17. The smallest absolute Gasteiger partial charge is 0.408 e. The number of nitrogens with one attached hydrogen (secondary N) is 4. The summed E-state index contributed by atoms with van der Waals surface area (Å²) in [5, 5.41) is 34.9. The Balaban J connectivity index is 1.53. The van der Waals surface area contributed by atoms with Gasteiger partial charge in [0.1, 0.15) is 37.5 Å². The number of carbonyl (C=O) groups excluding carboxylic acids is 4. The molecule has 0 heterocycles. The first-order valence-corrected chi connectivity index (χ1v) is 18.9. The van der Waals surface area contributed by atoms with Gasteiger partial charge >= 0.3 is 12.2 Å². The second-order valence-corrected chi connectivity index (χ2v) is 14.4. The van der Waals surface area contributed by atoms with Gasteiger partial charge in [0, 0.05) is 0 Å². The van der Waals surface area contributed by atoms with Crippen LogP contribution in [0.25, 0.3) is 0 Å². The van der Waals surface area contributed by atoms with Crippen molar-refractivity contribution in [2.75, 3.05) is 0 Å². The molecule has 4 amide bonds. The maximum atomic E-state index is 13.9. The fraction of sp³-hybridized carbons (Fsp3) is 0.364. The molecule has 0 unspecified atom stereocenters. The van der Waals surface area contributed by atoms with Gasteiger partial charge in [-0.1, -0.05) is 149 Å². The minimum atomic E-state index is -1.60. The third-order valence-electron chi connectivity index (χ3n) is 9.30. The van der Waals surface area contributed by atoms with Gasteiger partial charge in [-0.2, -0.15) is 0 Å². The molecule has 0 spiro atoms. The predicted molar refractivity (Wildman–Crippen MR) is 213 cm³/mol. The van der Waals surface area contributed by atoms with E-state index in [0.29, 0.717) is 0 Å². The molecule has 0 aliphatic rings. The molecule has 56 heavy (non-hydrogen) atoms. The summed E-state index contributed by atoms with van der Waals surface area (Å²) in [6.45, 7) is 7.08. The third kappa shape index (κ3) is 13.8. The quantitative estimate of drug-likeness (QED) is 0.0768. The Bertz CT molecular complexity index is 1660. The molecule has 0 saturated heterocycles. The van der Waals surface area contributed by atoms with Crippen LogP contribution in [0.5, 0.6) is 0 Å². The minimum absolute atomic E-state index is 0.0111. The molecule has 0 radical (unpaired) electrons. The summed E-state index contributed by atoms with van der Waals surface area (Å²) in [4.78, 5) is 53.4. The fourth-order valence-electron chi connectivity index (χ4n) is 6.12. The van der Waals surface area contributed by atoms with Gasteiger partial charge in [0.05, 0.1) is 12.1 Å². The van der Waals surface area contributed by atoms with Crippen molar-refractivity contribution in [3.63, 3.8) is 0 Å². The average Bonchev–Trinajstić information content (AvgIpc) is 3.20. The van der Waals surface area contributed by atoms with Crippen molar-refractivity contribution in [2.24, 2.45) is 11.8 Å². The minimum Gasteiger partial charge on any atom is -0.445 e. The molecule has 0 saturated carbocycles. The highest BCUT2D eigenvalue weighted by atomic mass is 16.6. The molecule has 6 atom stereocenters. The number of aliphatic hydroxyl groups excluding tert-OH is 2. The van der Waals surface area contributed by atoms with Gasteiger partial charge in [-0.25, -0.2) is 9.59 Å². The number of alkyl carbamates (subject to hydrolysis) is 2. The first-order chi connectivity index (χ1) is 26.9. The molecular weight excluding hydrogens is 713 g/mol.